The Morgan fingerprint density at radius 3 is 2.38 bits per heavy atom. The van der Waals surface area contributed by atoms with E-state index >= 15 is 0 Å². The molecule has 0 atom stereocenters. The van der Waals surface area contributed by atoms with Crippen LogP contribution in [0.25, 0.3) is 11.2 Å². The molecule has 0 saturated carbocycles. The first-order chi connectivity index (χ1) is 14.0. The number of hydrogen-bond acceptors (Lipinski definition) is 6. The molecule has 9 heteroatoms. The quantitative estimate of drug-likeness (QED) is 0.457. The van der Waals surface area contributed by atoms with Gasteiger partial charge in [-0.1, -0.05) is 57.0 Å². The summed E-state index contributed by atoms with van der Waals surface area (Å²) in [5.74, 6) is 1.12. The fourth-order valence-corrected chi connectivity index (χ4v) is 3.54. The van der Waals surface area contributed by atoms with Crippen LogP contribution in [0.15, 0.2) is 20.4 Å². The van der Waals surface area contributed by atoms with E-state index in [4.69, 9.17) is 4.52 Å². The van der Waals surface area contributed by atoms with Crippen LogP contribution in [0.2, 0.25) is 0 Å². The molecule has 0 aliphatic carbocycles. The molecular weight excluding hydrogens is 372 g/mol. The molecule has 3 aromatic rings. The van der Waals surface area contributed by atoms with Crippen molar-refractivity contribution in [3.8, 4) is 0 Å². The molecule has 0 N–H and O–H groups in total. The van der Waals surface area contributed by atoms with E-state index in [-0.39, 0.29) is 12.1 Å². The van der Waals surface area contributed by atoms with E-state index in [0.717, 1.165) is 17.4 Å². The molecule has 3 heterocycles. The summed E-state index contributed by atoms with van der Waals surface area (Å²) >= 11 is 0. The highest BCUT2D eigenvalue weighted by atomic mass is 16.5. The molecule has 0 aromatic carbocycles. The first kappa shape index (κ1) is 21.0. The Bertz CT molecular complexity index is 1060. The largest absolute Gasteiger partial charge is 0.339 e. The van der Waals surface area contributed by atoms with Gasteiger partial charge in [-0.25, -0.2) is 9.78 Å². The van der Waals surface area contributed by atoms with Gasteiger partial charge in [-0.05, 0) is 6.42 Å². The molecule has 0 radical (unpaired) electrons. The van der Waals surface area contributed by atoms with Crippen molar-refractivity contribution < 1.29 is 4.52 Å². The Kier molecular flexibility index (Phi) is 7.00. The number of rotatable bonds is 11. The van der Waals surface area contributed by atoms with Gasteiger partial charge in [-0.3, -0.25) is 13.9 Å². The van der Waals surface area contributed by atoms with Crippen molar-refractivity contribution in [1.29, 1.82) is 0 Å². The normalized spacial score (nSPS) is 11.6. The van der Waals surface area contributed by atoms with E-state index in [2.05, 4.69) is 22.0 Å². The van der Waals surface area contributed by atoms with Crippen molar-refractivity contribution in [2.45, 2.75) is 71.3 Å². The Morgan fingerprint density at radius 2 is 1.66 bits per heavy atom. The predicted octanol–water partition coefficient (Wildman–Crippen LogP) is 2.55. The smallest absolute Gasteiger partial charge is 0.332 e. The second-order valence-corrected chi connectivity index (χ2v) is 7.58. The monoisotopic (exact) mass is 402 g/mol. The maximum atomic E-state index is 12.5. The molecule has 0 bridgehead atoms. The van der Waals surface area contributed by atoms with Gasteiger partial charge >= 0.3 is 5.69 Å². The molecule has 29 heavy (non-hydrogen) atoms. The molecule has 0 saturated heterocycles. The number of imidazole rings is 1. The summed E-state index contributed by atoms with van der Waals surface area (Å²) in [5.41, 5.74) is -0.0898. The van der Waals surface area contributed by atoms with Gasteiger partial charge in [0, 0.05) is 20.5 Å². The zero-order valence-corrected chi connectivity index (χ0v) is 17.6. The number of aryl methyl sites for hydroxylation is 2. The maximum Gasteiger partial charge on any atom is 0.332 e. The lowest BCUT2D eigenvalue weighted by molar-refractivity contribution is 0.367. The van der Waals surface area contributed by atoms with Crippen LogP contribution < -0.4 is 11.2 Å². The highest BCUT2D eigenvalue weighted by Crippen LogP contribution is 2.12. The summed E-state index contributed by atoms with van der Waals surface area (Å²) in [6, 6.07) is 0. The number of aromatic nitrogens is 6. The van der Waals surface area contributed by atoms with Crippen LogP contribution in [-0.2, 0) is 27.1 Å². The van der Waals surface area contributed by atoms with E-state index in [0.29, 0.717) is 22.9 Å². The number of nitrogens with zero attached hydrogens (tertiary/aromatic N) is 6. The van der Waals surface area contributed by atoms with Crippen LogP contribution in [0.3, 0.4) is 0 Å². The van der Waals surface area contributed by atoms with E-state index < -0.39 is 5.69 Å². The van der Waals surface area contributed by atoms with Crippen LogP contribution in [0.1, 0.15) is 70.0 Å². The van der Waals surface area contributed by atoms with Gasteiger partial charge in [-0.2, -0.15) is 4.98 Å². The van der Waals surface area contributed by atoms with Gasteiger partial charge in [-0.15, -0.1) is 0 Å². The van der Waals surface area contributed by atoms with Crippen LogP contribution >= 0.6 is 0 Å². The molecule has 3 aromatic heterocycles. The molecule has 0 unspecified atom stereocenters. The summed E-state index contributed by atoms with van der Waals surface area (Å²) < 4.78 is 9.44. The summed E-state index contributed by atoms with van der Waals surface area (Å²) in [4.78, 5) is 33.2. The van der Waals surface area contributed by atoms with E-state index in [1.807, 2.05) is 0 Å². The molecule has 0 amide bonds. The number of hydrogen-bond donors (Lipinski definition) is 0. The van der Waals surface area contributed by atoms with Gasteiger partial charge in [0.15, 0.2) is 17.0 Å². The van der Waals surface area contributed by atoms with Gasteiger partial charge in [0.1, 0.15) is 0 Å². The highest BCUT2D eigenvalue weighted by molar-refractivity contribution is 5.70. The average Bonchev–Trinajstić information content (AvgIpc) is 3.34. The zero-order valence-electron chi connectivity index (χ0n) is 17.6. The Morgan fingerprint density at radius 1 is 0.966 bits per heavy atom. The molecule has 0 spiro atoms. The third-order valence-electron chi connectivity index (χ3n) is 5.28. The summed E-state index contributed by atoms with van der Waals surface area (Å²) in [6.07, 6.45) is 12.3. The molecule has 9 nitrogen and oxygen atoms in total. The minimum atomic E-state index is -0.403. The maximum absolute atomic E-state index is 12.5. The fraction of sp³-hybridized carbons (Fsp3) is 0.650. The van der Waals surface area contributed by atoms with Crippen LogP contribution in [0, 0.1) is 0 Å². The first-order valence-electron chi connectivity index (χ1n) is 10.4. The average molecular weight is 402 g/mol. The SMILES string of the molecule is CCCCCCCCCCc1nc(Cn2cnc3c2c(=O)n(C)c(=O)n3C)no1. The Balaban J connectivity index is 1.57. The lowest BCUT2D eigenvalue weighted by Gasteiger charge is -2.04. The van der Waals surface area contributed by atoms with Gasteiger partial charge in [0.2, 0.25) is 5.89 Å². The molecular formula is C20H30N6O3. The first-order valence-corrected chi connectivity index (χ1v) is 10.4. The van der Waals surface area contributed by atoms with Crippen molar-refractivity contribution in [2.75, 3.05) is 0 Å². The van der Waals surface area contributed by atoms with E-state index in [9.17, 15) is 9.59 Å². The summed E-state index contributed by atoms with van der Waals surface area (Å²) in [5, 5.41) is 4.03. The second kappa shape index (κ2) is 9.67. The predicted molar refractivity (Wildman–Crippen MR) is 110 cm³/mol. The zero-order chi connectivity index (χ0) is 20.8. The molecule has 0 aliphatic heterocycles. The third-order valence-corrected chi connectivity index (χ3v) is 5.28. The molecule has 0 fully saturated rings. The van der Waals surface area contributed by atoms with Crippen molar-refractivity contribution in [1.82, 2.24) is 28.8 Å². The number of fused-ring (bicyclic) bond motifs is 1. The van der Waals surface area contributed by atoms with E-state index in [1.54, 1.807) is 11.6 Å². The van der Waals surface area contributed by atoms with Crippen LogP contribution in [-0.4, -0.2) is 28.8 Å². The van der Waals surface area contributed by atoms with Crippen molar-refractivity contribution in [2.24, 2.45) is 14.1 Å². The molecule has 0 aliphatic rings. The number of unbranched alkanes of at least 4 members (excludes halogenated alkanes) is 7. The minimum Gasteiger partial charge on any atom is -0.339 e. The molecule has 158 valence electrons. The standard InChI is InChI=1S/C20H30N6O3/c1-4-5-6-7-8-9-10-11-12-16-22-15(23-29-16)13-26-14-21-18-17(26)19(27)25(3)20(28)24(18)2/h14H,4-13H2,1-3H3. The van der Waals surface area contributed by atoms with Crippen LogP contribution in [0.5, 0.6) is 0 Å². The summed E-state index contributed by atoms with van der Waals surface area (Å²) in [7, 11) is 3.05. The van der Waals surface area contributed by atoms with E-state index in [1.165, 1.54) is 62.9 Å². The summed E-state index contributed by atoms with van der Waals surface area (Å²) in [6.45, 7) is 2.50. The van der Waals surface area contributed by atoms with Crippen molar-refractivity contribution >= 4 is 11.2 Å². The van der Waals surface area contributed by atoms with Gasteiger partial charge in [0.25, 0.3) is 5.56 Å². The van der Waals surface area contributed by atoms with Crippen LogP contribution in [0.4, 0.5) is 0 Å². The van der Waals surface area contributed by atoms with Gasteiger partial charge < -0.3 is 9.09 Å². The Hall–Kier alpha value is -2.71. The lowest BCUT2D eigenvalue weighted by Crippen LogP contribution is -2.37. The molecule has 3 rings (SSSR count). The minimum absolute atomic E-state index is 0.269. The topological polar surface area (TPSA) is 101 Å². The van der Waals surface area contributed by atoms with Crippen molar-refractivity contribution in [3.63, 3.8) is 0 Å². The Labute approximate surface area is 169 Å². The van der Waals surface area contributed by atoms with Crippen molar-refractivity contribution in [3.05, 3.63) is 38.9 Å². The fourth-order valence-electron chi connectivity index (χ4n) is 3.54. The lowest BCUT2D eigenvalue weighted by atomic mass is 10.1. The third kappa shape index (κ3) is 4.83. The highest BCUT2D eigenvalue weighted by Gasteiger charge is 2.16. The second-order valence-electron chi connectivity index (χ2n) is 7.58. The van der Waals surface area contributed by atoms with Gasteiger partial charge in [0.05, 0.1) is 12.9 Å².